The van der Waals surface area contributed by atoms with Crippen LogP contribution in [-0.2, 0) is 4.74 Å². The summed E-state index contributed by atoms with van der Waals surface area (Å²) in [6.45, 7) is 0. The van der Waals surface area contributed by atoms with Crippen molar-refractivity contribution in [3.05, 3.63) is 22.7 Å². The molecule has 76 valence electrons. The predicted molar refractivity (Wildman–Crippen MR) is 51.0 cm³/mol. The van der Waals surface area contributed by atoms with Gasteiger partial charge in [-0.3, -0.25) is 0 Å². The number of carbonyl (C=O) groups is 1. The Balaban J connectivity index is 3.27. The van der Waals surface area contributed by atoms with E-state index in [0.717, 1.165) is 0 Å². The molecule has 0 fully saturated rings. The van der Waals surface area contributed by atoms with E-state index in [1.807, 2.05) is 0 Å². The fraction of sp³-hybridized carbons (Fsp3) is 0.222. The maximum Gasteiger partial charge on any atom is 0.341 e. The van der Waals surface area contributed by atoms with Gasteiger partial charge >= 0.3 is 5.97 Å². The molecule has 0 spiro atoms. The number of aromatic hydroxyl groups is 1. The number of esters is 1. The summed E-state index contributed by atoms with van der Waals surface area (Å²) in [7, 11) is 2.64. The third-order valence-corrected chi connectivity index (χ3v) is 1.98. The Morgan fingerprint density at radius 1 is 1.43 bits per heavy atom. The third kappa shape index (κ3) is 1.90. The number of hydrogen-bond donors (Lipinski definition) is 1. The van der Waals surface area contributed by atoms with Crippen LogP contribution in [0.5, 0.6) is 11.5 Å². The van der Waals surface area contributed by atoms with E-state index >= 15 is 0 Å². The highest BCUT2D eigenvalue weighted by Crippen LogP contribution is 2.31. The third-order valence-electron chi connectivity index (χ3n) is 1.67. The molecule has 0 saturated carbocycles. The summed E-state index contributed by atoms with van der Waals surface area (Å²) in [6.07, 6.45) is 0. The predicted octanol–water partition coefficient (Wildman–Crippen LogP) is 1.84. The maximum absolute atomic E-state index is 11.2. The summed E-state index contributed by atoms with van der Waals surface area (Å²) in [5, 5.41) is 9.39. The fourth-order valence-electron chi connectivity index (χ4n) is 0.982. The van der Waals surface area contributed by atoms with Crippen molar-refractivity contribution >= 4 is 17.6 Å². The lowest BCUT2D eigenvalue weighted by Crippen LogP contribution is -2.03. The minimum Gasteiger partial charge on any atom is -0.506 e. The van der Waals surface area contributed by atoms with Gasteiger partial charge < -0.3 is 14.6 Å². The molecule has 0 amide bonds. The van der Waals surface area contributed by atoms with Crippen LogP contribution >= 0.6 is 11.6 Å². The van der Waals surface area contributed by atoms with Crippen LogP contribution < -0.4 is 4.74 Å². The molecule has 1 rings (SSSR count). The van der Waals surface area contributed by atoms with Crippen LogP contribution in [0.4, 0.5) is 0 Å². The number of benzene rings is 1. The van der Waals surface area contributed by atoms with Crippen molar-refractivity contribution in [2.45, 2.75) is 0 Å². The van der Waals surface area contributed by atoms with Crippen molar-refractivity contribution in [2.24, 2.45) is 0 Å². The molecule has 0 saturated heterocycles. The van der Waals surface area contributed by atoms with Crippen LogP contribution in [0, 0.1) is 0 Å². The molecule has 4 nitrogen and oxygen atoms in total. The Hall–Kier alpha value is -1.42. The first-order valence-corrected chi connectivity index (χ1v) is 4.12. The normalized spacial score (nSPS) is 9.64. The van der Waals surface area contributed by atoms with Crippen LogP contribution in [0.2, 0.25) is 5.02 Å². The molecule has 1 aromatic rings. The summed E-state index contributed by atoms with van der Waals surface area (Å²) >= 11 is 5.63. The van der Waals surface area contributed by atoms with E-state index in [1.165, 1.54) is 26.4 Å². The van der Waals surface area contributed by atoms with Gasteiger partial charge in [-0.1, -0.05) is 11.6 Å². The Morgan fingerprint density at radius 2 is 2.07 bits per heavy atom. The highest BCUT2D eigenvalue weighted by molar-refractivity contribution is 6.32. The van der Waals surface area contributed by atoms with E-state index in [4.69, 9.17) is 16.3 Å². The van der Waals surface area contributed by atoms with Crippen LogP contribution in [0.1, 0.15) is 10.4 Å². The SMILES string of the molecule is COC(=O)c1cc(O)c(Cl)cc1OC. The quantitative estimate of drug-likeness (QED) is 0.767. The zero-order chi connectivity index (χ0) is 10.7. The van der Waals surface area contributed by atoms with E-state index in [-0.39, 0.29) is 22.1 Å². The number of ether oxygens (including phenoxy) is 2. The van der Waals surface area contributed by atoms with E-state index in [9.17, 15) is 9.90 Å². The maximum atomic E-state index is 11.2. The van der Waals surface area contributed by atoms with Gasteiger partial charge in [0.1, 0.15) is 17.1 Å². The van der Waals surface area contributed by atoms with Gasteiger partial charge in [-0.05, 0) is 6.07 Å². The molecular weight excluding hydrogens is 208 g/mol. The topological polar surface area (TPSA) is 55.8 Å². The minimum atomic E-state index is -0.589. The van der Waals surface area contributed by atoms with E-state index in [2.05, 4.69) is 4.74 Å². The Morgan fingerprint density at radius 3 is 2.57 bits per heavy atom. The van der Waals surface area contributed by atoms with Crippen molar-refractivity contribution in [2.75, 3.05) is 14.2 Å². The summed E-state index contributed by atoms with van der Waals surface area (Å²) < 4.78 is 9.41. The smallest absolute Gasteiger partial charge is 0.341 e. The molecule has 0 aliphatic carbocycles. The van der Waals surface area contributed by atoms with Crippen LogP contribution in [0.15, 0.2) is 12.1 Å². The van der Waals surface area contributed by atoms with Gasteiger partial charge in [-0.15, -0.1) is 0 Å². The van der Waals surface area contributed by atoms with Gasteiger partial charge in [0.15, 0.2) is 0 Å². The van der Waals surface area contributed by atoms with Gasteiger partial charge in [-0.2, -0.15) is 0 Å². The molecule has 0 radical (unpaired) electrons. The second kappa shape index (κ2) is 4.19. The lowest BCUT2D eigenvalue weighted by molar-refractivity contribution is 0.0596. The van der Waals surface area contributed by atoms with E-state index in [0.29, 0.717) is 0 Å². The van der Waals surface area contributed by atoms with Crippen LogP contribution in [-0.4, -0.2) is 25.3 Å². The Labute approximate surface area is 86.0 Å². The van der Waals surface area contributed by atoms with Gasteiger partial charge in [-0.25, -0.2) is 4.79 Å². The molecule has 0 aliphatic rings. The number of phenols is 1. The number of phenolic OH excluding ortho intramolecular Hbond substituents is 1. The molecule has 14 heavy (non-hydrogen) atoms. The Bertz CT molecular complexity index is 362. The summed E-state index contributed by atoms with van der Waals surface area (Å²) in [4.78, 5) is 11.2. The first-order valence-electron chi connectivity index (χ1n) is 3.75. The van der Waals surface area contributed by atoms with Gasteiger partial charge in [0.2, 0.25) is 0 Å². The first kappa shape index (κ1) is 10.7. The van der Waals surface area contributed by atoms with Crippen molar-refractivity contribution in [1.29, 1.82) is 0 Å². The Kier molecular flexibility index (Phi) is 3.19. The lowest BCUT2D eigenvalue weighted by Gasteiger charge is -2.07. The van der Waals surface area contributed by atoms with Gasteiger partial charge in [0.05, 0.1) is 19.2 Å². The van der Waals surface area contributed by atoms with Crippen LogP contribution in [0.25, 0.3) is 0 Å². The molecule has 0 unspecified atom stereocenters. The number of halogens is 1. The number of carbonyl (C=O) groups excluding carboxylic acids is 1. The summed E-state index contributed by atoms with van der Waals surface area (Å²) in [5.41, 5.74) is 0.136. The molecule has 0 aliphatic heterocycles. The zero-order valence-corrected chi connectivity index (χ0v) is 8.46. The largest absolute Gasteiger partial charge is 0.506 e. The van der Waals surface area contributed by atoms with Crippen molar-refractivity contribution in [3.8, 4) is 11.5 Å². The molecule has 1 N–H and O–H groups in total. The zero-order valence-electron chi connectivity index (χ0n) is 7.70. The van der Waals surface area contributed by atoms with Crippen molar-refractivity contribution < 1.29 is 19.4 Å². The minimum absolute atomic E-state index is 0.120. The van der Waals surface area contributed by atoms with Crippen molar-refractivity contribution in [3.63, 3.8) is 0 Å². The first-order chi connectivity index (χ1) is 6.60. The monoisotopic (exact) mass is 216 g/mol. The van der Waals surface area contributed by atoms with E-state index < -0.39 is 5.97 Å². The average molecular weight is 217 g/mol. The molecule has 1 aromatic carbocycles. The number of methoxy groups -OCH3 is 2. The van der Waals surface area contributed by atoms with Gasteiger partial charge in [0, 0.05) is 6.07 Å². The van der Waals surface area contributed by atoms with Crippen molar-refractivity contribution in [1.82, 2.24) is 0 Å². The summed E-state index contributed by atoms with van der Waals surface area (Å²) in [6, 6.07) is 2.55. The molecule has 5 heteroatoms. The fourth-order valence-corrected chi connectivity index (χ4v) is 1.14. The average Bonchev–Trinajstić information content (AvgIpc) is 2.20. The molecular formula is C9H9ClO4. The highest BCUT2D eigenvalue weighted by atomic mass is 35.5. The molecule has 0 heterocycles. The second-order valence-corrected chi connectivity index (χ2v) is 2.90. The second-order valence-electron chi connectivity index (χ2n) is 2.50. The van der Waals surface area contributed by atoms with E-state index in [1.54, 1.807) is 0 Å². The molecule has 0 aromatic heterocycles. The lowest BCUT2D eigenvalue weighted by atomic mass is 10.2. The molecule has 0 bridgehead atoms. The molecule has 0 atom stereocenters. The number of hydrogen-bond acceptors (Lipinski definition) is 4. The highest BCUT2D eigenvalue weighted by Gasteiger charge is 2.15. The summed E-state index contributed by atoms with van der Waals surface area (Å²) in [5.74, 6) is -0.513. The standard InChI is InChI=1S/C9H9ClO4/c1-13-8-4-6(10)7(11)3-5(8)9(12)14-2/h3-4,11H,1-2H3. The van der Waals surface area contributed by atoms with Crippen LogP contribution in [0.3, 0.4) is 0 Å². The van der Waals surface area contributed by atoms with Gasteiger partial charge in [0.25, 0.3) is 0 Å². The number of rotatable bonds is 2.